The molecule has 4 rings (SSSR count). The van der Waals surface area contributed by atoms with Gasteiger partial charge in [0.25, 0.3) is 5.91 Å². The van der Waals surface area contributed by atoms with Crippen molar-refractivity contribution < 1.29 is 4.79 Å². The Hall–Kier alpha value is -2.95. The van der Waals surface area contributed by atoms with Gasteiger partial charge in [-0.2, -0.15) is 0 Å². The van der Waals surface area contributed by atoms with Gasteiger partial charge in [0.05, 0.1) is 26.8 Å². The molecule has 1 amide bonds. The number of amides is 1. The molecule has 0 bridgehead atoms. The monoisotopic (exact) mass is 393 g/mol. The lowest BCUT2D eigenvalue weighted by Crippen LogP contribution is -2.13. The van der Waals surface area contributed by atoms with Gasteiger partial charge in [0.15, 0.2) is 0 Å². The predicted octanol–water partition coefficient (Wildman–Crippen LogP) is 5.86. The van der Waals surface area contributed by atoms with E-state index in [9.17, 15) is 4.79 Å². The Morgan fingerprint density at radius 3 is 2.44 bits per heavy atom. The number of benzene rings is 2. The lowest BCUT2D eigenvalue weighted by Gasteiger charge is -2.11. The molecule has 0 saturated heterocycles. The summed E-state index contributed by atoms with van der Waals surface area (Å²) in [6.07, 6.45) is 3.25. The molecule has 2 aromatic carbocycles. The van der Waals surface area contributed by atoms with E-state index in [1.807, 2.05) is 30.3 Å². The fraction of sp³-hybridized carbons (Fsp3) is 0. The summed E-state index contributed by atoms with van der Waals surface area (Å²) in [5, 5.41) is 4.57. The lowest BCUT2D eigenvalue weighted by molar-refractivity contribution is 0.102. The van der Waals surface area contributed by atoms with Gasteiger partial charge in [0, 0.05) is 29.0 Å². The number of para-hydroxylation sites is 1. The Morgan fingerprint density at radius 2 is 1.67 bits per heavy atom. The smallest absolute Gasteiger partial charge is 0.256 e. The highest BCUT2D eigenvalue weighted by molar-refractivity contribution is 6.42. The Morgan fingerprint density at radius 1 is 0.889 bits per heavy atom. The van der Waals surface area contributed by atoms with Crippen LogP contribution in [0.15, 0.2) is 73.1 Å². The molecule has 132 valence electrons. The molecule has 0 aliphatic rings. The van der Waals surface area contributed by atoms with Crippen molar-refractivity contribution in [2.75, 3.05) is 5.32 Å². The van der Waals surface area contributed by atoms with E-state index in [1.165, 1.54) is 0 Å². The first-order valence-electron chi connectivity index (χ1n) is 8.18. The van der Waals surface area contributed by atoms with Crippen LogP contribution in [0.25, 0.3) is 22.2 Å². The number of nitrogens with one attached hydrogen (secondary N) is 1. The molecule has 4 nitrogen and oxygen atoms in total. The molecule has 0 aliphatic heterocycles. The van der Waals surface area contributed by atoms with Crippen molar-refractivity contribution in [1.29, 1.82) is 0 Å². The van der Waals surface area contributed by atoms with Crippen LogP contribution in [0.3, 0.4) is 0 Å². The van der Waals surface area contributed by atoms with Gasteiger partial charge in [-0.3, -0.25) is 9.78 Å². The van der Waals surface area contributed by atoms with Gasteiger partial charge in [-0.15, -0.1) is 0 Å². The van der Waals surface area contributed by atoms with E-state index in [2.05, 4.69) is 15.3 Å². The molecule has 27 heavy (non-hydrogen) atoms. The van der Waals surface area contributed by atoms with Crippen molar-refractivity contribution in [3.63, 3.8) is 0 Å². The quantitative estimate of drug-likeness (QED) is 0.474. The normalized spacial score (nSPS) is 10.7. The van der Waals surface area contributed by atoms with Crippen molar-refractivity contribution in [2.24, 2.45) is 0 Å². The van der Waals surface area contributed by atoms with Gasteiger partial charge in [-0.25, -0.2) is 4.98 Å². The molecular formula is C21H13Cl2N3O. The van der Waals surface area contributed by atoms with E-state index in [-0.39, 0.29) is 5.91 Å². The average molecular weight is 394 g/mol. The van der Waals surface area contributed by atoms with Gasteiger partial charge < -0.3 is 5.32 Å². The van der Waals surface area contributed by atoms with E-state index in [0.717, 1.165) is 16.5 Å². The van der Waals surface area contributed by atoms with Crippen LogP contribution < -0.4 is 5.32 Å². The summed E-state index contributed by atoms with van der Waals surface area (Å²) in [7, 11) is 0. The third kappa shape index (κ3) is 3.63. The van der Waals surface area contributed by atoms with Crippen molar-refractivity contribution in [1.82, 2.24) is 9.97 Å². The molecular weight excluding hydrogens is 381 g/mol. The van der Waals surface area contributed by atoms with E-state index in [4.69, 9.17) is 23.2 Å². The number of pyridine rings is 2. The number of hydrogen-bond donors (Lipinski definition) is 1. The second-order valence-corrected chi connectivity index (χ2v) is 6.71. The molecule has 0 saturated carbocycles. The number of carbonyl (C=O) groups is 1. The maximum Gasteiger partial charge on any atom is 0.256 e. The highest BCUT2D eigenvalue weighted by atomic mass is 35.5. The van der Waals surface area contributed by atoms with Gasteiger partial charge in [-0.05, 0) is 36.4 Å². The van der Waals surface area contributed by atoms with Crippen molar-refractivity contribution in [3.8, 4) is 11.3 Å². The summed E-state index contributed by atoms with van der Waals surface area (Å²) in [5.74, 6) is -0.221. The molecule has 6 heteroatoms. The molecule has 0 atom stereocenters. The topological polar surface area (TPSA) is 54.9 Å². The highest BCUT2D eigenvalue weighted by Crippen LogP contribution is 2.30. The summed E-state index contributed by atoms with van der Waals surface area (Å²) < 4.78 is 0. The Kier molecular flexibility index (Phi) is 4.75. The van der Waals surface area contributed by atoms with E-state index in [1.54, 1.807) is 42.7 Å². The molecule has 0 spiro atoms. The Bertz CT molecular complexity index is 1150. The van der Waals surface area contributed by atoms with Crippen LogP contribution in [0.2, 0.25) is 10.0 Å². The maximum absolute atomic E-state index is 12.9. The van der Waals surface area contributed by atoms with Crippen molar-refractivity contribution in [2.45, 2.75) is 0 Å². The van der Waals surface area contributed by atoms with Crippen LogP contribution in [-0.2, 0) is 0 Å². The van der Waals surface area contributed by atoms with Crippen LogP contribution >= 0.6 is 23.2 Å². The third-order valence-corrected chi connectivity index (χ3v) is 4.85. The zero-order valence-corrected chi connectivity index (χ0v) is 15.5. The van der Waals surface area contributed by atoms with Crippen molar-refractivity contribution >= 4 is 45.7 Å². The molecule has 2 heterocycles. The standard InChI is InChI=1S/C21H13Cl2N3O/c22-17-6-5-13(11-18(17)23)20-12-16(15-3-1-2-4-19(15)26-20)21(27)25-14-7-9-24-10-8-14/h1-12H,(H,24,25,27). The minimum atomic E-state index is -0.221. The van der Waals surface area contributed by atoms with Gasteiger partial charge in [0.1, 0.15) is 0 Å². The zero-order valence-electron chi connectivity index (χ0n) is 14.0. The first-order valence-corrected chi connectivity index (χ1v) is 8.94. The number of anilines is 1. The molecule has 4 aromatic rings. The summed E-state index contributed by atoms with van der Waals surface area (Å²) in [5.41, 5.74) is 3.35. The summed E-state index contributed by atoms with van der Waals surface area (Å²) in [6, 6.07) is 18.0. The zero-order chi connectivity index (χ0) is 18.8. The lowest BCUT2D eigenvalue weighted by atomic mass is 10.0. The first kappa shape index (κ1) is 17.5. The van der Waals surface area contributed by atoms with Gasteiger partial charge >= 0.3 is 0 Å². The van der Waals surface area contributed by atoms with E-state index < -0.39 is 0 Å². The minimum absolute atomic E-state index is 0.221. The van der Waals surface area contributed by atoms with Crippen molar-refractivity contribution in [3.05, 3.63) is 88.7 Å². The average Bonchev–Trinajstić information content (AvgIpc) is 2.70. The number of fused-ring (bicyclic) bond motifs is 1. The third-order valence-electron chi connectivity index (χ3n) is 4.11. The summed E-state index contributed by atoms with van der Waals surface area (Å²) >= 11 is 12.2. The number of rotatable bonds is 3. The number of nitrogens with zero attached hydrogens (tertiary/aromatic N) is 2. The molecule has 1 N–H and O–H groups in total. The molecule has 0 unspecified atom stereocenters. The molecule has 0 radical (unpaired) electrons. The number of aromatic nitrogens is 2. The summed E-state index contributed by atoms with van der Waals surface area (Å²) in [4.78, 5) is 21.6. The first-order chi connectivity index (χ1) is 13.1. The number of carbonyl (C=O) groups excluding carboxylic acids is 1. The van der Waals surface area contributed by atoms with Crippen LogP contribution in [0, 0.1) is 0 Å². The fourth-order valence-corrected chi connectivity index (χ4v) is 3.10. The largest absolute Gasteiger partial charge is 0.322 e. The fourth-order valence-electron chi connectivity index (χ4n) is 2.80. The Labute approximate surface area is 165 Å². The second-order valence-electron chi connectivity index (χ2n) is 5.89. The van der Waals surface area contributed by atoms with E-state index >= 15 is 0 Å². The second kappa shape index (κ2) is 7.35. The molecule has 0 aliphatic carbocycles. The van der Waals surface area contributed by atoms with Gasteiger partial charge in [0.2, 0.25) is 0 Å². The molecule has 0 fully saturated rings. The highest BCUT2D eigenvalue weighted by Gasteiger charge is 2.14. The minimum Gasteiger partial charge on any atom is -0.322 e. The van der Waals surface area contributed by atoms with Crippen LogP contribution in [0.1, 0.15) is 10.4 Å². The number of hydrogen-bond acceptors (Lipinski definition) is 3. The maximum atomic E-state index is 12.9. The van der Waals surface area contributed by atoms with Crippen LogP contribution in [-0.4, -0.2) is 15.9 Å². The summed E-state index contributed by atoms with van der Waals surface area (Å²) in [6.45, 7) is 0. The predicted molar refractivity (Wildman–Crippen MR) is 109 cm³/mol. The van der Waals surface area contributed by atoms with Crippen LogP contribution in [0.4, 0.5) is 5.69 Å². The molecule has 2 aromatic heterocycles. The number of halogens is 2. The van der Waals surface area contributed by atoms with Gasteiger partial charge in [-0.1, -0.05) is 47.5 Å². The van der Waals surface area contributed by atoms with E-state index in [0.29, 0.717) is 27.0 Å². The SMILES string of the molecule is O=C(Nc1ccncc1)c1cc(-c2ccc(Cl)c(Cl)c2)nc2ccccc12. The van der Waals surface area contributed by atoms with Crippen LogP contribution in [0.5, 0.6) is 0 Å². The Balaban J connectivity index is 1.83.